The van der Waals surface area contributed by atoms with Crippen molar-refractivity contribution >= 4 is 0 Å². The molecule has 0 radical (unpaired) electrons. The number of pyridine rings is 1. The summed E-state index contributed by atoms with van der Waals surface area (Å²) < 4.78 is 6.99. The topological polar surface area (TPSA) is 51.5 Å². The predicted molar refractivity (Wildman–Crippen MR) is 80.7 cm³/mol. The van der Waals surface area contributed by atoms with Crippen LogP contribution in [0.3, 0.4) is 0 Å². The van der Waals surface area contributed by atoms with Crippen molar-refractivity contribution in [1.82, 2.24) is 4.57 Å². The third-order valence-corrected chi connectivity index (χ3v) is 4.10. The number of benzene rings is 1. The second kappa shape index (κ2) is 5.74. The Morgan fingerprint density at radius 2 is 2.05 bits per heavy atom. The number of hydrogen-bond acceptors (Lipinski definition) is 3. The Bertz CT molecular complexity index is 705. The van der Waals surface area contributed by atoms with E-state index in [-0.39, 0.29) is 12.1 Å². The van der Waals surface area contributed by atoms with Gasteiger partial charge in [0.25, 0.3) is 5.56 Å². The summed E-state index contributed by atoms with van der Waals surface area (Å²) in [4.78, 5) is 12.1. The van der Waals surface area contributed by atoms with Crippen LogP contribution in [-0.4, -0.2) is 16.8 Å². The molecule has 4 heteroatoms. The fourth-order valence-corrected chi connectivity index (χ4v) is 3.05. The lowest BCUT2D eigenvalue weighted by Crippen LogP contribution is -2.25. The zero-order valence-electron chi connectivity index (χ0n) is 12.1. The molecule has 1 N–H and O–H groups in total. The van der Waals surface area contributed by atoms with Crippen molar-refractivity contribution in [2.75, 3.05) is 7.11 Å². The highest BCUT2D eigenvalue weighted by Crippen LogP contribution is 2.27. The van der Waals surface area contributed by atoms with Gasteiger partial charge >= 0.3 is 0 Å². The Balaban J connectivity index is 1.94. The van der Waals surface area contributed by atoms with E-state index in [1.807, 2.05) is 30.3 Å². The van der Waals surface area contributed by atoms with Crippen LogP contribution in [0.4, 0.5) is 0 Å². The molecule has 1 aliphatic rings. The monoisotopic (exact) mass is 285 g/mol. The SMILES string of the molecule is COc1ccccc1C(O)Cn1c2c(ccc1=O)CCC2. The lowest BCUT2D eigenvalue weighted by molar-refractivity contribution is 0.150. The summed E-state index contributed by atoms with van der Waals surface area (Å²) in [6, 6.07) is 10.9. The molecule has 0 bridgehead atoms. The Labute approximate surface area is 123 Å². The quantitative estimate of drug-likeness (QED) is 0.935. The summed E-state index contributed by atoms with van der Waals surface area (Å²) in [5.41, 5.74) is 2.95. The van der Waals surface area contributed by atoms with Gasteiger partial charge in [0.15, 0.2) is 0 Å². The van der Waals surface area contributed by atoms with E-state index in [2.05, 4.69) is 0 Å². The molecule has 0 aliphatic heterocycles. The van der Waals surface area contributed by atoms with E-state index in [9.17, 15) is 9.90 Å². The molecule has 0 spiro atoms. The number of hydrogen-bond donors (Lipinski definition) is 1. The second-order valence-corrected chi connectivity index (χ2v) is 5.37. The van der Waals surface area contributed by atoms with Gasteiger partial charge in [-0.25, -0.2) is 0 Å². The molecule has 1 aromatic heterocycles. The summed E-state index contributed by atoms with van der Waals surface area (Å²) in [7, 11) is 1.58. The molecule has 1 aromatic carbocycles. The van der Waals surface area contributed by atoms with E-state index >= 15 is 0 Å². The van der Waals surface area contributed by atoms with Crippen LogP contribution in [-0.2, 0) is 19.4 Å². The highest BCUT2D eigenvalue weighted by Gasteiger charge is 2.19. The van der Waals surface area contributed by atoms with Gasteiger partial charge in [-0.1, -0.05) is 24.3 Å². The molecule has 1 unspecified atom stereocenters. The summed E-state index contributed by atoms with van der Waals surface area (Å²) >= 11 is 0. The number of para-hydroxylation sites is 1. The van der Waals surface area contributed by atoms with Gasteiger partial charge in [-0.05, 0) is 30.9 Å². The number of aromatic nitrogens is 1. The third kappa shape index (κ3) is 2.59. The first-order valence-corrected chi connectivity index (χ1v) is 7.23. The Morgan fingerprint density at radius 1 is 1.24 bits per heavy atom. The smallest absolute Gasteiger partial charge is 0.250 e. The van der Waals surface area contributed by atoms with Crippen molar-refractivity contribution in [3.05, 3.63) is 63.6 Å². The molecule has 0 saturated carbocycles. The lowest BCUT2D eigenvalue weighted by Gasteiger charge is -2.18. The zero-order valence-corrected chi connectivity index (χ0v) is 12.1. The van der Waals surface area contributed by atoms with Crippen LogP contribution in [0.5, 0.6) is 5.75 Å². The first kappa shape index (κ1) is 13.9. The molecule has 1 aliphatic carbocycles. The van der Waals surface area contributed by atoms with Crippen molar-refractivity contribution in [1.29, 1.82) is 0 Å². The number of aliphatic hydroxyl groups excluding tert-OH is 1. The van der Waals surface area contributed by atoms with E-state index in [1.165, 1.54) is 5.56 Å². The summed E-state index contributed by atoms with van der Waals surface area (Å²) in [6.07, 6.45) is 2.24. The predicted octanol–water partition coefficient (Wildman–Crippen LogP) is 2.08. The van der Waals surface area contributed by atoms with Crippen molar-refractivity contribution in [2.45, 2.75) is 31.9 Å². The molecule has 3 rings (SSSR count). The Morgan fingerprint density at radius 3 is 2.86 bits per heavy atom. The molecule has 0 fully saturated rings. The van der Waals surface area contributed by atoms with E-state index in [0.29, 0.717) is 11.3 Å². The van der Waals surface area contributed by atoms with Crippen molar-refractivity contribution in [2.24, 2.45) is 0 Å². The second-order valence-electron chi connectivity index (χ2n) is 5.37. The molecule has 0 amide bonds. The minimum atomic E-state index is -0.758. The number of methoxy groups -OCH3 is 1. The van der Waals surface area contributed by atoms with Gasteiger partial charge in [-0.15, -0.1) is 0 Å². The molecular weight excluding hydrogens is 266 g/mol. The molecular formula is C17H19NO3. The molecule has 1 atom stereocenters. The van der Waals surface area contributed by atoms with Gasteiger partial charge in [0.05, 0.1) is 13.7 Å². The van der Waals surface area contributed by atoms with Crippen LogP contribution in [0.1, 0.15) is 29.3 Å². The molecule has 1 heterocycles. The van der Waals surface area contributed by atoms with Gasteiger partial charge in [-0.3, -0.25) is 4.79 Å². The zero-order chi connectivity index (χ0) is 14.8. The van der Waals surface area contributed by atoms with Crippen molar-refractivity contribution < 1.29 is 9.84 Å². The molecule has 4 nitrogen and oxygen atoms in total. The van der Waals surface area contributed by atoms with Gasteiger partial charge in [0.1, 0.15) is 11.9 Å². The number of rotatable bonds is 4. The lowest BCUT2D eigenvalue weighted by atomic mass is 10.1. The summed E-state index contributed by atoms with van der Waals surface area (Å²) in [6.45, 7) is 0.266. The first-order valence-electron chi connectivity index (χ1n) is 7.23. The van der Waals surface area contributed by atoms with E-state index in [4.69, 9.17) is 4.74 Å². The molecule has 110 valence electrons. The van der Waals surface area contributed by atoms with Gasteiger partial charge < -0.3 is 14.4 Å². The van der Waals surface area contributed by atoms with Crippen molar-refractivity contribution in [3.8, 4) is 5.75 Å². The third-order valence-electron chi connectivity index (χ3n) is 4.10. The van der Waals surface area contributed by atoms with Crippen LogP contribution >= 0.6 is 0 Å². The average Bonchev–Trinajstić information content (AvgIpc) is 2.98. The molecule has 2 aromatic rings. The fourth-order valence-electron chi connectivity index (χ4n) is 3.05. The van der Waals surface area contributed by atoms with Gasteiger partial charge in [0, 0.05) is 17.3 Å². The van der Waals surface area contributed by atoms with Crippen LogP contribution in [0, 0.1) is 0 Å². The minimum Gasteiger partial charge on any atom is -0.496 e. The standard InChI is InChI=1S/C17H19NO3/c1-21-16-8-3-2-6-13(16)15(19)11-18-14-7-4-5-12(14)9-10-17(18)20/h2-3,6,8-10,15,19H,4-5,7,11H2,1H3. The number of ether oxygens (including phenoxy) is 1. The summed E-state index contributed by atoms with van der Waals surface area (Å²) in [5.74, 6) is 0.644. The van der Waals surface area contributed by atoms with Crippen molar-refractivity contribution in [3.63, 3.8) is 0 Å². The maximum absolute atomic E-state index is 12.1. The van der Waals surface area contributed by atoms with Gasteiger partial charge in [-0.2, -0.15) is 0 Å². The number of aryl methyl sites for hydroxylation is 1. The van der Waals surface area contributed by atoms with Crippen LogP contribution < -0.4 is 10.3 Å². The number of fused-ring (bicyclic) bond motifs is 1. The maximum Gasteiger partial charge on any atom is 0.250 e. The number of nitrogens with zero attached hydrogens (tertiary/aromatic N) is 1. The highest BCUT2D eigenvalue weighted by atomic mass is 16.5. The molecule has 0 saturated heterocycles. The molecule has 21 heavy (non-hydrogen) atoms. The summed E-state index contributed by atoms with van der Waals surface area (Å²) in [5, 5.41) is 10.5. The van der Waals surface area contributed by atoms with Crippen LogP contribution in [0.25, 0.3) is 0 Å². The van der Waals surface area contributed by atoms with Crippen LogP contribution in [0.2, 0.25) is 0 Å². The Kier molecular flexibility index (Phi) is 3.80. The number of aliphatic hydroxyl groups is 1. The minimum absolute atomic E-state index is 0.0513. The maximum atomic E-state index is 12.1. The van der Waals surface area contributed by atoms with Gasteiger partial charge in [0.2, 0.25) is 0 Å². The highest BCUT2D eigenvalue weighted by molar-refractivity contribution is 5.35. The normalized spacial score (nSPS) is 14.8. The first-order chi connectivity index (χ1) is 10.2. The average molecular weight is 285 g/mol. The van der Waals surface area contributed by atoms with E-state index in [1.54, 1.807) is 17.7 Å². The Hall–Kier alpha value is -2.07. The fraction of sp³-hybridized carbons (Fsp3) is 0.353. The largest absolute Gasteiger partial charge is 0.496 e. The van der Waals surface area contributed by atoms with Crippen LogP contribution in [0.15, 0.2) is 41.2 Å². The van der Waals surface area contributed by atoms with E-state index < -0.39 is 6.10 Å². The van der Waals surface area contributed by atoms with E-state index in [0.717, 1.165) is 25.0 Å².